The number of halogens is 2. The number of rotatable bonds is 8. The summed E-state index contributed by atoms with van der Waals surface area (Å²) in [5.74, 6) is -4.38. The average molecular weight is 532 g/mol. The number of benzene rings is 1. The molecule has 3 N–H and O–H groups in total. The highest BCUT2D eigenvalue weighted by Gasteiger charge is 2.44. The van der Waals surface area contributed by atoms with Crippen LogP contribution in [0.5, 0.6) is 0 Å². The summed E-state index contributed by atoms with van der Waals surface area (Å²) in [5.41, 5.74) is -1.38. The van der Waals surface area contributed by atoms with Crippen LogP contribution in [0.2, 0.25) is 0 Å². The predicted molar refractivity (Wildman–Crippen MR) is 137 cm³/mol. The first-order valence-corrected chi connectivity index (χ1v) is 12.7. The monoisotopic (exact) mass is 532 g/mol. The molecule has 0 unspecified atom stereocenters. The fourth-order valence-electron chi connectivity index (χ4n) is 4.95. The third kappa shape index (κ3) is 7.76. The molecule has 2 fully saturated rings. The molecule has 2 saturated heterocycles. The summed E-state index contributed by atoms with van der Waals surface area (Å²) in [6.45, 7) is 5.12. The van der Waals surface area contributed by atoms with Crippen molar-refractivity contribution in [2.45, 2.75) is 69.5 Å². The second-order valence-corrected chi connectivity index (χ2v) is 10.9. The first-order valence-electron chi connectivity index (χ1n) is 12.7. The van der Waals surface area contributed by atoms with Gasteiger partial charge in [-0.05, 0) is 51.7 Å². The van der Waals surface area contributed by atoms with Gasteiger partial charge < -0.3 is 25.0 Å². The van der Waals surface area contributed by atoms with Gasteiger partial charge in [-0.25, -0.2) is 13.6 Å². The van der Waals surface area contributed by atoms with E-state index in [4.69, 9.17) is 4.74 Å². The highest BCUT2D eigenvalue weighted by molar-refractivity contribution is 6.43. The molecular weight excluding hydrogens is 497 g/mol. The Morgan fingerprint density at radius 2 is 1.92 bits per heavy atom. The Morgan fingerprint density at radius 3 is 2.50 bits per heavy atom. The van der Waals surface area contributed by atoms with E-state index in [0.29, 0.717) is 19.4 Å². The molecule has 0 bridgehead atoms. The third-order valence-corrected chi connectivity index (χ3v) is 7.08. The number of carbonyl (C=O) groups excluding carboxylic acids is 2. The topological polar surface area (TPSA) is 126 Å². The van der Waals surface area contributed by atoms with Crippen molar-refractivity contribution in [2.75, 3.05) is 26.2 Å². The zero-order valence-corrected chi connectivity index (χ0v) is 22.0. The van der Waals surface area contributed by atoms with Crippen LogP contribution in [-0.2, 0) is 16.0 Å². The molecule has 2 amide bonds. The summed E-state index contributed by atoms with van der Waals surface area (Å²) in [7, 11) is -1.82. The maximum absolute atomic E-state index is 13.7. The van der Waals surface area contributed by atoms with Crippen molar-refractivity contribution in [3.05, 3.63) is 47.5 Å². The minimum atomic E-state index is -2.80. The van der Waals surface area contributed by atoms with Crippen LogP contribution < -0.4 is 5.32 Å². The van der Waals surface area contributed by atoms with E-state index in [-0.39, 0.29) is 31.5 Å². The second kappa shape index (κ2) is 11.8. The van der Waals surface area contributed by atoms with E-state index in [1.807, 2.05) is 12.1 Å². The van der Waals surface area contributed by atoms with Gasteiger partial charge in [-0.3, -0.25) is 9.69 Å². The fraction of sp³-hybridized carbons (Fsp3) is 0.577. The zero-order valence-electron chi connectivity index (χ0n) is 22.0. The molecule has 38 heavy (non-hydrogen) atoms. The number of nitrogens with zero attached hydrogens (tertiary/aromatic N) is 3. The van der Waals surface area contributed by atoms with Crippen molar-refractivity contribution in [1.29, 1.82) is 5.26 Å². The van der Waals surface area contributed by atoms with Gasteiger partial charge in [-0.1, -0.05) is 30.3 Å². The van der Waals surface area contributed by atoms with Crippen LogP contribution in [0.4, 0.5) is 13.6 Å². The standard InChI is InChI=1S/C26H35BF2N4O5/c1-24(2,33-13-11-26(28,29)18-33)15-20(16-30)22(34)32-12-7-10-25(3,17-32)38-23(35)31-21(27(36)37)14-19-8-5-4-6-9-19/h4-6,8-9,15,21,36-37H,7,10-14,17-18H2,1-3H3,(H,31,35)/b20-15+/t21-,25+/m0/s1. The molecule has 1 aromatic carbocycles. The van der Waals surface area contributed by atoms with Crippen LogP contribution in [0.15, 0.2) is 42.0 Å². The van der Waals surface area contributed by atoms with E-state index >= 15 is 0 Å². The molecule has 2 aliphatic rings. The maximum Gasteiger partial charge on any atom is 0.475 e. The fourth-order valence-corrected chi connectivity index (χ4v) is 4.95. The number of nitrogens with one attached hydrogen (secondary N) is 1. The quantitative estimate of drug-likeness (QED) is 0.267. The van der Waals surface area contributed by atoms with Gasteiger partial charge in [0, 0.05) is 25.0 Å². The molecule has 1 aromatic rings. The van der Waals surface area contributed by atoms with Gasteiger partial charge in [-0.2, -0.15) is 5.26 Å². The number of hydrogen-bond donors (Lipinski definition) is 3. The lowest BCUT2D eigenvalue weighted by atomic mass is 9.76. The highest BCUT2D eigenvalue weighted by Crippen LogP contribution is 2.33. The zero-order chi connectivity index (χ0) is 28.1. The van der Waals surface area contributed by atoms with Gasteiger partial charge in [0.25, 0.3) is 11.8 Å². The molecular formula is C26H35BF2N4O5. The van der Waals surface area contributed by atoms with Gasteiger partial charge in [-0.15, -0.1) is 0 Å². The van der Waals surface area contributed by atoms with E-state index < -0.39 is 48.7 Å². The molecule has 0 saturated carbocycles. The molecule has 0 aromatic heterocycles. The van der Waals surface area contributed by atoms with Gasteiger partial charge in [0.1, 0.15) is 17.2 Å². The largest absolute Gasteiger partial charge is 0.475 e. The number of hydrogen-bond acceptors (Lipinski definition) is 7. The first-order chi connectivity index (χ1) is 17.7. The van der Waals surface area contributed by atoms with Crippen LogP contribution >= 0.6 is 0 Å². The van der Waals surface area contributed by atoms with Gasteiger partial charge in [0.15, 0.2) is 0 Å². The summed E-state index contributed by atoms with van der Waals surface area (Å²) < 4.78 is 33.1. The number of amides is 2. The van der Waals surface area contributed by atoms with Gasteiger partial charge in [0.05, 0.1) is 19.0 Å². The number of ether oxygens (including phenoxy) is 1. The molecule has 206 valence electrons. The average Bonchev–Trinajstić information content (AvgIpc) is 3.22. The smallest absolute Gasteiger partial charge is 0.441 e. The Labute approximate surface area is 222 Å². The predicted octanol–water partition coefficient (Wildman–Crippen LogP) is 2.29. The normalized spacial score (nSPS) is 22.9. The molecule has 9 nitrogen and oxygen atoms in total. The van der Waals surface area contributed by atoms with E-state index in [1.54, 1.807) is 49.9 Å². The number of piperidine rings is 1. The Bertz CT molecular complexity index is 1080. The van der Waals surface area contributed by atoms with Crippen LogP contribution in [0.3, 0.4) is 0 Å². The number of likely N-dealkylation sites (tertiary alicyclic amines) is 2. The van der Waals surface area contributed by atoms with E-state index in [0.717, 1.165) is 5.56 Å². The van der Waals surface area contributed by atoms with Crippen LogP contribution in [0.25, 0.3) is 0 Å². The lowest BCUT2D eigenvalue weighted by Crippen LogP contribution is -2.54. The second-order valence-electron chi connectivity index (χ2n) is 10.9. The molecule has 0 radical (unpaired) electrons. The lowest BCUT2D eigenvalue weighted by Gasteiger charge is -2.40. The van der Waals surface area contributed by atoms with Crippen molar-refractivity contribution >= 4 is 19.1 Å². The first kappa shape index (κ1) is 29.5. The molecule has 0 spiro atoms. The SMILES string of the molecule is CC(C)(/C=C(\C#N)C(=O)N1CCC[C@@](C)(OC(=O)N[C@@H](Cc2ccccc2)B(O)O)C1)N1CCC(F)(F)C1. The summed E-state index contributed by atoms with van der Waals surface area (Å²) in [6, 6.07) is 10.9. The Kier molecular flexibility index (Phi) is 9.18. The van der Waals surface area contributed by atoms with Crippen molar-refractivity contribution in [3.63, 3.8) is 0 Å². The lowest BCUT2D eigenvalue weighted by molar-refractivity contribution is -0.133. The maximum atomic E-state index is 13.7. The summed E-state index contributed by atoms with van der Waals surface area (Å²) >= 11 is 0. The van der Waals surface area contributed by atoms with Crippen molar-refractivity contribution in [2.24, 2.45) is 0 Å². The van der Waals surface area contributed by atoms with Crippen LogP contribution in [-0.4, -0.2) is 88.1 Å². The van der Waals surface area contributed by atoms with E-state index in [1.165, 1.54) is 11.0 Å². The summed E-state index contributed by atoms with van der Waals surface area (Å²) in [4.78, 5) is 28.9. The van der Waals surface area contributed by atoms with Gasteiger partial charge >= 0.3 is 13.2 Å². The molecule has 2 atom stereocenters. The highest BCUT2D eigenvalue weighted by atomic mass is 19.3. The van der Waals surface area contributed by atoms with E-state index in [2.05, 4.69) is 5.32 Å². The number of alkyl halides is 2. The molecule has 0 aliphatic carbocycles. The Morgan fingerprint density at radius 1 is 1.24 bits per heavy atom. The number of carbonyl (C=O) groups is 2. The summed E-state index contributed by atoms with van der Waals surface area (Å²) in [5, 5.41) is 31.7. The Balaban J connectivity index is 1.65. The van der Waals surface area contributed by atoms with Crippen LogP contribution in [0.1, 0.15) is 45.6 Å². The van der Waals surface area contributed by atoms with Crippen LogP contribution in [0, 0.1) is 11.3 Å². The third-order valence-electron chi connectivity index (χ3n) is 7.08. The molecule has 2 aliphatic heterocycles. The van der Waals surface area contributed by atoms with Crippen molar-refractivity contribution in [3.8, 4) is 6.07 Å². The van der Waals surface area contributed by atoms with Crippen molar-refractivity contribution in [1.82, 2.24) is 15.1 Å². The summed E-state index contributed by atoms with van der Waals surface area (Å²) in [6.07, 6.45) is 1.42. The molecule has 12 heteroatoms. The number of alkyl carbamates (subject to hydrolysis) is 1. The van der Waals surface area contributed by atoms with E-state index in [9.17, 15) is 33.7 Å². The Hall–Kier alpha value is -3.01. The van der Waals surface area contributed by atoms with Crippen molar-refractivity contribution < 1.29 is 33.2 Å². The molecule has 3 rings (SSSR count). The molecule has 2 heterocycles. The van der Waals surface area contributed by atoms with Gasteiger partial charge in [0.2, 0.25) is 0 Å². The minimum Gasteiger partial charge on any atom is -0.441 e. The minimum absolute atomic E-state index is 0.0194. The number of nitriles is 1.